The van der Waals surface area contributed by atoms with Gasteiger partial charge in [-0.3, -0.25) is 0 Å². The molecule has 2 heterocycles. The third-order valence-electron chi connectivity index (χ3n) is 2.68. The van der Waals surface area contributed by atoms with Crippen molar-refractivity contribution in [2.75, 3.05) is 13.2 Å². The molecule has 2 rings (SSSR count). The third-order valence-corrected chi connectivity index (χ3v) is 2.68. The first kappa shape index (κ1) is 9.44. The Morgan fingerprint density at radius 2 is 2.00 bits per heavy atom. The zero-order valence-corrected chi connectivity index (χ0v) is 8.41. The number of hydrogen-bond donors (Lipinski definition) is 0. The summed E-state index contributed by atoms with van der Waals surface area (Å²) in [5.41, 5.74) is -0.179. The highest BCUT2D eigenvalue weighted by atomic mass is 16.7. The van der Waals surface area contributed by atoms with Gasteiger partial charge in [-0.05, 0) is 33.1 Å². The van der Waals surface area contributed by atoms with E-state index in [0.717, 1.165) is 19.6 Å². The molecule has 0 aliphatic carbocycles. The van der Waals surface area contributed by atoms with Crippen molar-refractivity contribution in [1.29, 1.82) is 0 Å². The predicted molar refractivity (Wildman–Crippen MR) is 48.5 cm³/mol. The van der Waals surface area contributed by atoms with E-state index in [1.807, 2.05) is 0 Å². The third kappa shape index (κ3) is 2.42. The molecule has 0 N–H and O–H groups in total. The van der Waals surface area contributed by atoms with Gasteiger partial charge in [0, 0.05) is 6.61 Å². The normalized spacial score (nSPS) is 34.6. The van der Waals surface area contributed by atoms with E-state index < -0.39 is 0 Å². The number of ether oxygens (including phenoxy) is 3. The van der Waals surface area contributed by atoms with Crippen LogP contribution in [0.25, 0.3) is 0 Å². The van der Waals surface area contributed by atoms with Crippen molar-refractivity contribution in [3.05, 3.63) is 0 Å². The van der Waals surface area contributed by atoms with Crippen molar-refractivity contribution in [3.8, 4) is 0 Å². The summed E-state index contributed by atoms with van der Waals surface area (Å²) in [4.78, 5) is 0. The zero-order chi connectivity index (χ0) is 9.31. The molecule has 2 atom stereocenters. The first-order valence-electron chi connectivity index (χ1n) is 5.09. The van der Waals surface area contributed by atoms with Gasteiger partial charge in [0.05, 0.1) is 12.2 Å². The van der Waals surface area contributed by atoms with Crippen LogP contribution in [0.4, 0.5) is 0 Å². The standard InChI is InChI=1S/C10H18O3/c1-10(2,8-7-12-8)13-9-5-3-4-6-11-9/h8-9H,3-7H2,1-2H3. The van der Waals surface area contributed by atoms with Crippen LogP contribution in [-0.4, -0.2) is 31.2 Å². The van der Waals surface area contributed by atoms with Crippen molar-refractivity contribution < 1.29 is 14.2 Å². The molecule has 0 bridgehead atoms. The fourth-order valence-electron chi connectivity index (χ4n) is 1.67. The molecule has 2 fully saturated rings. The smallest absolute Gasteiger partial charge is 0.158 e. The first-order chi connectivity index (χ1) is 6.18. The summed E-state index contributed by atoms with van der Waals surface area (Å²) >= 11 is 0. The summed E-state index contributed by atoms with van der Waals surface area (Å²) in [6.45, 7) is 5.82. The van der Waals surface area contributed by atoms with Crippen LogP contribution in [0.2, 0.25) is 0 Å². The zero-order valence-electron chi connectivity index (χ0n) is 8.41. The minimum absolute atomic E-state index is 0.00653. The Kier molecular flexibility index (Phi) is 2.58. The molecule has 3 nitrogen and oxygen atoms in total. The van der Waals surface area contributed by atoms with E-state index in [1.54, 1.807) is 0 Å². The summed E-state index contributed by atoms with van der Waals surface area (Å²) in [6, 6.07) is 0. The molecule has 76 valence electrons. The molecule has 2 unspecified atom stereocenters. The van der Waals surface area contributed by atoms with Gasteiger partial charge < -0.3 is 14.2 Å². The van der Waals surface area contributed by atoms with E-state index in [2.05, 4.69) is 13.8 Å². The minimum Gasteiger partial charge on any atom is -0.370 e. The average Bonchev–Trinajstić information content (AvgIpc) is 2.87. The Bertz CT molecular complexity index is 169. The molecular weight excluding hydrogens is 168 g/mol. The average molecular weight is 186 g/mol. The monoisotopic (exact) mass is 186 g/mol. The van der Waals surface area contributed by atoms with E-state index in [4.69, 9.17) is 14.2 Å². The van der Waals surface area contributed by atoms with Crippen LogP contribution in [0.1, 0.15) is 33.1 Å². The highest BCUT2D eigenvalue weighted by Crippen LogP contribution is 2.30. The fraction of sp³-hybridized carbons (Fsp3) is 1.00. The number of rotatable bonds is 3. The lowest BCUT2D eigenvalue weighted by atomic mass is 10.1. The Morgan fingerprint density at radius 1 is 1.23 bits per heavy atom. The Morgan fingerprint density at radius 3 is 2.54 bits per heavy atom. The summed E-state index contributed by atoms with van der Waals surface area (Å²) in [5.74, 6) is 0. The molecule has 3 heteroatoms. The SMILES string of the molecule is CC(C)(OC1CCCCO1)C1CO1. The topological polar surface area (TPSA) is 31.0 Å². The van der Waals surface area contributed by atoms with E-state index >= 15 is 0 Å². The Labute approximate surface area is 79.4 Å². The quantitative estimate of drug-likeness (QED) is 0.629. The van der Waals surface area contributed by atoms with Crippen LogP contribution in [0, 0.1) is 0 Å². The summed E-state index contributed by atoms with van der Waals surface area (Å²) in [6.07, 6.45) is 3.67. The second kappa shape index (κ2) is 3.56. The molecule has 2 aliphatic rings. The summed E-state index contributed by atoms with van der Waals surface area (Å²) < 4.78 is 16.6. The van der Waals surface area contributed by atoms with Gasteiger partial charge in [-0.15, -0.1) is 0 Å². The van der Waals surface area contributed by atoms with Crippen LogP contribution >= 0.6 is 0 Å². The highest BCUT2D eigenvalue weighted by molar-refractivity contribution is 4.88. The van der Waals surface area contributed by atoms with Crippen molar-refractivity contribution in [2.24, 2.45) is 0 Å². The van der Waals surface area contributed by atoms with Gasteiger partial charge in [-0.2, -0.15) is 0 Å². The largest absolute Gasteiger partial charge is 0.370 e. The van der Waals surface area contributed by atoms with E-state index in [-0.39, 0.29) is 18.0 Å². The highest BCUT2D eigenvalue weighted by Gasteiger charge is 2.42. The second-order valence-corrected chi connectivity index (χ2v) is 4.34. The van der Waals surface area contributed by atoms with Crippen molar-refractivity contribution in [3.63, 3.8) is 0 Å². The fourth-order valence-corrected chi connectivity index (χ4v) is 1.67. The van der Waals surface area contributed by atoms with Crippen molar-refractivity contribution >= 4 is 0 Å². The maximum absolute atomic E-state index is 5.86. The van der Waals surface area contributed by atoms with Gasteiger partial charge in [0.25, 0.3) is 0 Å². The van der Waals surface area contributed by atoms with Gasteiger partial charge in [-0.25, -0.2) is 0 Å². The molecule has 0 aromatic rings. The Hall–Kier alpha value is -0.120. The first-order valence-corrected chi connectivity index (χ1v) is 5.09. The van der Waals surface area contributed by atoms with Crippen LogP contribution in [0.5, 0.6) is 0 Å². The molecule has 0 spiro atoms. The maximum atomic E-state index is 5.86. The van der Waals surface area contributed by atoms with Crippen LogP contribution in [-0.2, 0) is 14.2 Å². The minimum atomic E-state index is -0.179. The van der Waals surface area contributed by atoms with Gasteiger partial charge in [0.15, 0.2) is 6.29 Å². The maximum Gasteiger partial charge on any atom is 0.158 e. The van der Waals surface area contributed by atoms with E-state index in [9.17, 15) is 0 Å². The second-order valence-electron chi connectivity index (χ2n) is 4.34. The molecule has 0 aromatic carbocycles. The summed E-state index contributed by atoms with van der Waals surface area (Å²) in [5, 5.41) is 0. The Balaban J connectivity index is 1.80. The van der Waals surface area contributed by atoms with Gasteiger partial charge >= 0.3 is 0 Å². The molecule has 2 aliphatic heterocycles. The van der Waals surface area contributed by atoms with Gasteiger partial charge in [0.2, 0.25) is 0 Å². The lowest BCUT2D eigenvalue weighted by Crippen LogP contribution is -2.38. The van der Waals surface area contributed by atoms with Crippen molar-refractivity contribution in [2.45, 2.75) is 51.1 Å². The van der Waals surface area contributed by atoms with Gasteiger partial charge in [-0.1, -0.05) is 0 Å². The number of epoxide rings is 1. The lowest BCUT2D eigenvalue weighted by Gasteiger charge is -2.31. The molecule has 0 aromatic heterocycles. The molecule has 0 amide bonds. The van der Waals surface area contributed by atoms with Crippen LogP contribution in [0.15, 0.2) is 0 Å². The van der Waals surface area contributed by atoms with E-state index in [1.165, 1.54) is 12.8 Å². The van der Waals surface area contributed by atoms with Crippen LogP contribution < -0.4 is 0 Å². The predicted octanol–water partition coefficient (Wildman–Crippen LogP) is 1.71. The molecular formula is C10H18O3. The lowest BCUT2D eigenvalue weighted by molar-refractivity contribution is -0.219. The van der Waals surface area contributed by atoms with Crippen LogP contribution in [0.3, 0.4) is 0 Å². The molecule has 0 radical (unpaired) electrons. The van der Waals surface area contributed by atoms with Crippen molar-refractivity contribution in [1.82, 2.24) is 0 Å². The van der Waals surface area contributed by atoms with E-state index in [0.29, 0.717) is 0 Å². The van der Waals surface area contributed by atoms with Gasteiger partial charge in [0.1, 0.15) is 6.10 Å². The molecule has 0 saturated carbocycles. The number of hydrogen-bond acceptors (Lipinski definition) is 3. The molecule has 2 saturated heterocycles. The molecule has 13 heavy (non-hydrogen) atoms. The summed E-state index contributed by atoms with van der Waals surface area (Å²) in [7, 11) is 0.